The van der Waals surface area contributed by atoms with Crippen LogP contribution in [0.4, 0.5) is 0 Å². The summed E-state index contributed by atoms with van der Waals surface area (Å²) in [7, 11) is 0. The Kier molecular flexibility index (Phi) is 6.47. The van der Waals surface area contributed by atoms with Gasteiger partial charge in [0.15, 0.2) is 0 Å². The van der Waals surface area contributed by atoms with E-state index in [2.05, 4.69) is 26.6 Å². The number of amides is 2. The second-order valence-electron chi connectivity index (χ2n) is 4.47. The van der Waals surface area contributed by atoms with Gasteiger partial charge in [-0.05, 0) is 34.0 Å². The molecule has 0 aliphatic carbocycles. The van der Waals surface area contributed by atoms with Gasteiger partial charge in [0.1, 0.15) is 0 Å². The molecule has 4 N–H and O–H groups in total. The van der Waals surface area contributed by atoms with Crippen molar-refractivity contribution in [3.8, 4) is 0 Å². The summed E-state index contributed by atoms with van der Waals surface area (Å²) >= 11 is 4.91. The standard InChI is InChI=1S/C12H18BrN3O2S/c1-7(2)11(14)12(18)16-6-10(17)15-5-8-3-4-9(13)19-8/h3-4,7,11H,5-6,14H2,1-2H3,(H,15,17)(H,16,18)/t11-/m0/s1. The summed E-state index contributed by atoms with van der Waals surface area (Å²) in [6.45, 7) is 4.13. The third-order valence-corrected chi connectivity index (χ3v) is 4.16. The predicted octanol–water partition coefficient (Wildman–Crippen LogP) is 1.23. The highest BCUT2D eigenvalue weighted by molar-refractivity contribution is 9.11. The Morgan fingerprint density at radius 3 is 2.58 bits per heavy atom. The number of carbonyl (C=O) groups excluding carboxylic acids is 2. The Hall–Kier alpha value is -0.920. The number of nitrogens with one attached hydrogen (secondary N) is 2. The molecule has 7 heteroatoms. The fourth-order valence-corrected chi connectivity index (χ4v) is 2.71. The van der Waals surface area contributed by atoms with Crippen molar-refractivity contribution in [1.82, 2.24) is 10.6 Å². The molecule has 0 radical (unpaired) electrons. The third kappa shape index (κ3) is 5.71. The van der Waals surface area contributed by atoms with Gasteiger partial charge in [0, 0.05) is 4.88 Å². The van der Waals surface area contributed by atoms with Crippen molar-refractivity contribution in [1.29, 1.82) is 0 Å². The molecule has 0 bridgehead atoms. The Labute approximate surface area is 125 Å². The Balaban J connectivity index is 2.26. The molecule has 1 aromatic heterocycles. The first-order valence-electron chi connectivity index (χ1n) is 5.94. The number of halogens is 1. The van der Waals surface area contributed by atoms with Crippen LogP contribution in [-0.4, -0.2) is 24.4 Å². The van der Waals surface area contributed by atoms with Crippen molar-refractivity contribution in [2.24, 2.45) is 11.7 Å². The van der Waals surface area contributed by atoms with Crippen molar-refractivity contribution in [2.45, 2.75) is 26.4 Å². The summed E-state index contributed by atoms with van der Waals surface area (Å²) in [5.41, 5.74) is 5.67. The lowest BCUT2D eigenvalue weighted by atomic mass is 10.1. The van der Waals surface area contributed by atoms with E-state index in [-0.39, 0.29) is 24.3 Å². The van der Waals surface area contributed by atoms with Crippen LogP contribution in [0.2, 0.25) is 0 Å². The zero-order chi connectivity index (χ0) is 14.4. The first kappa shape index (κ1) is 16.1. The van der Waals surface area contributed by atoms with Crippen LogP contribution in [0.15, 0.2) is 15.9 Å². The van der Waals surface area contributed by atoms with Crippen LogP contribution >= 0.6 is 27.3 Å². The molecule has 0 saturated carbocycles. The van der Waals surface area contributed by atoms with E-state index < -0.39 is 6.04 Å². The van der Waals surface area contributed by atoms with Crippen LogP contribution in [0.1, 0.15) is 18.7 Å². The molecule has 1 heterocycles. The number of carbonyl (C=O) groups is 2. The number of hydrogen-bond acceptors (Lipinski definition) is 4. The van der Waals surface area contributed by atoms with E-state index >= 15 is 0 Å². The molecule has 0 aliphatic heterocycles. The van der Waals surface area contributed by atoms with E-state index in [1.54, 1.807) is 11.3 Å². The van der Waals surface area contributed by atoms with Crippen molar-refractivity contribution in [3.05, 3.63) is 20.8 Å². The highest BCUT2D eigenvalue weighted by atomic mass is 79.9. The normalized spacial score (nSPS) is 12.3. The summed E-state index contributed by atoms with van der Waals surface area (Å²) in [6, 6.07) is 3.28. The van der Waals surface area contributed by atoms with Gasteiger partial charge < -0.3 is 16.4 Å². The molecular formula is C12H18BrN3O2S. The molecule has 1 atom stereocenters. The summed E-state index contributed by atoms with van der Waals surface area (Å²) in [5.74, 6) is -0.482. The van der Waals surface area contributed by atoms with Crippen molar-refractivity contribution in [3.63, 3.8) is 0 Å². The second kappa shape index (κ2) is 7.62. The Bertz CT molecular complexity index is 448. The monoisotopic (exact) mass is 347 g/mol. The SMILES string of the molecule is CC(C)[C@H](N)C(=O)NCC(=O)NCc1ccc(Br)s1. The maximum atomic E-state index is 11.5. The molecule has 1 rings (SSSR count). The Morgan fingerprint density at radius 2 is 2.05 bits per heavy atom. The summed E-state index contributed by atoms with van der Waals surface area (Å²) in [5, 5.41) is 5.25. The highest BCUT2D eigenvalue weighted by Gasteiger charge is 2.17. The van der Waals surface area contributed by atoms with Crippen LogP contribution in [0.25, 0.3) is 0 Å². The smallest absolute Gasteiger partial charge is 0.239 e. The van der Waals surface area contributed by atoms with Gasteiger partial charge in [0.25, 0.3) is 0 Å². The lowest BCUT2D eigenvalue weighted by molar-refractivity contribution is -0.127. The zero-order valence-electron chi connectivity index (χ0n) is 10.9. The largest absolute Gasteiger partial charge is 0.350 e. The average Bonchev–Trinajstić information content (AvgIpc) is 2.78. The van der Waals surface area contributed by atoms with Crippen LogP contribution in [0, 0.1) is 5.92 Å². The molecule has 0 saturated heterocycles. The van der Waals surface area contributed by atoms with Crippen molar-refractivity contribution < 1.29 is 9.59 Å². The zero-order valence-corrected chi connectivity index (χ0v) is 13.3. The van der Waals surface area contributed by atoms with E-state index in [4.69, 9.17) is 5.73 Å². The minimum atomic E-state index is -0.582. The van der Waals surface area contributed by atoms with Crippen molar-refractivity contribution in [2.75, 3.05) is 6.54 Å². The molecule has 19 heavy (non-hydrogen) atoms. The molecule has 0 unspecified atom stereocenters. The minimum absolute atomic E-state index is 0.0477. The molecule has 2 amide bonds. The van der Waals surface area contributed by atoms with Gasteiger partial charge in [-0.3, -0.25) is 9.59 Å². The summed E-state index contributed by atoms with van der Waals surface area (Å²) < 4.78 is 1.02. The van der Waals surface area contributed by atoms with Crippen LogP contribution in [-0.2, 0) is 16.1 Å². The number of nitrogens with two attached hydrogens (primary N) is 1. The van der Waals surface area contributed by atoms with E-state index in [0.717, 1.165) is 8.66 Å². The van der Waals surface area contributed by atoms with Gasteiger partial charge in [-0.2, -0.15) is 0 Å². The fraction of sp³-hybridized carbons (Fsp3) is 0.500. The van der Waals surface area contributed by atoms with Gasteiger partial charge in [-0.25, -0.2) is 0 Å². The lowest BCUT2D eigenvalue weighted by Gasteiger charge is -2.15. The summed E-state index contributed by atoms with van der Waals surface area (Å²) in [4.78, 5) is 24.1. The van der Waals surface area contributed by atoms with Gasteiger partial charge in [0.05, 0.1) is 22.9 Å². The molecule has 0 spiro atoms. The van der Waals surface area contributed by atoms with E-state index in [0.29, 0.717) is 6.54 Å². The van der Waals surface area contributed by atoms with Gasteiger partial charge in [0.2, 0.25) is 11.8 Å². The number of rotatable bonds is 6. The molecule has 0 aliphatic rings. The molecule has 106 valence electrons. The Morgan fingerprint density at radius 1 is 1.37 bits per heavy atom. The maximum absolute atomic E-state index is 11.5. The molecule has 5 nitrogen and oxygen atoms in total. The quantitative estimate of drug-likeness (QED) is 0.723. The van der Waals surface area contributed by atoms with Gasteiger partial charge >= 0.3 is 0 Å². The van der Waals surface area contributed by atoms with E-state index in [1.807, 2.05) is 26.0 Å². The van der Waals surface area contributed by atoms with E-state index in [9.17, 15) is 9.59 Å². The van der Waals surface area contributed by atoms with Crippen molar-refractivity contribution >= 4 is 39.1 Å². The lowest BCUT2D eigenvalue weighted by Crippen LogP contribution is -2.47. The fourth-order valence-electron chi connectivity index (χ4n) is 1.28. The molecule has 0 fully saturated rings. The maximum Gasteiger partial charge on any atom is 0.239 e. The average molecular weight is 348 g/mol. The first-order valence-corrected chi connectivity index (χ1v) is 7.55. The van der Waals surface area contributed by atoms with Gasteiger partial charge in [-0.1, -0.05) is 13.8 Å². The molecule has 1 aromatic rings. The third-order valence-electron chi connectivity index (χ3n) is 2.53. The highest BCUT2D eigenvalue weighted by Crippen LogP contribution is 2.21. The van der Waals surface area contributed by atoms with Crippen LogP contribution < -0.4 is 16.4 Å². The molecular weight excluding hydrogens is 330 g/mol. The topological polar surface area (TPSA) is 84.2 Å². The van der Waals surface area contributed by atoms with Crippen LogP contribution in [0.5, 0.6) is 0 Å². The number of thiophene rings is 1. The van der Waals surface area contributed by atoms with E-state index in [1.165, 1.54) is 0 Å². The predicted molar refractivity (Wildman–Crippen MR) is 79.7 cm³/mol. The van der Waals surface area contributed by atoms with Crippen LogP contribution in [0.3, 0.4) is 0 Å². The minimum Gasteiger partial charge on any atom is -0.350 e. The second-order valence-corrected chi connectivity index (χ2v) is 7.02. The number of hydrogen-bond donors (Lipinski definition) is 3. The molecule has 0 aromatic carbocycles. The van der Waals surface area contributed by atoms with Gasteiger partial charge in [-0.15, -0.1) is 11.3 Å². The summed E-state index contributed by atoms with van der Waals surface area (Å²) in [6.07, 6.45) is 0. The first-order chi connectivity index (χ1) is 8.90.